The van der Waals surface area contributed by atoms with Crippen LogP contribution in [0.15, 0.2) is 12.2 Å². The molecule has 3 rings (SSSR count). The molecule has 118 valence electrons. The minimum atomic E-state index is -3.10. The van der Waals surface area contributed by atoms with Gasteiger partial charge in [-0.3, -0.25) is 4.79 Å². The van der Waals surface area contributed by atoms with Crippen molar-refractivity contribution in [2.75, 3.05) is 19.3 Å². The van der Waals surface area contributed by atoms with Crippen LogP contribution in [0.4, 0.5) is 0 Å². The van der Waals surface area contributed by atoms with Crippen molar-refractivity contribution in [1.29, 1.82) is 0 Å². The van der Waals surface area contributed by atoms with Gasteiger partial charge in [0.05, 0.1) is 6.26 Å². The predicted octanol–water partition coefficient (Wildman–Crippen LogP) is 1.27. The maximum atomic E-state index is 12.4. The summed E-state index contributed by atoms with van der Waals surface area (Å²) in [6.45, 7) is 1.67. The van der Waals surface area contributed by atoms with Crippen LogP contribution in [0, 0.1) is 11.3 Å². The molecule has 0 aromatic rings. The van der Waals surface area contributed by atoms with Gasteiger partial charge in [-0.2, -0.15) is 0 Å². The Bertz CT molecular complexity index is 531. The minimum absolute atomic E-state index is 0.0984. The average Bonchev–Trinajstić information content (AvgIpc) is 2.89. The Morgan fingerprint density at radius 3 is 2.29 bits per heavy atom. The molecule has 0 atom stereocenters. The summed E-state index contributed by atoms with van der Waals surface area (Å²) in [6, 6.07) is 0.0984. The van der Waals surface area contributed by atoms with Gasteiger partial charge in [-0.1, -0.05) is 12.2 Å². The number of hydrogen-bond donors (Lipinski definition) is 1. The third kappa shape index (κ3) is 3.31. The Hall–Kier alpha value is -0.880. The molecule has 0 bridgehead atoms. The minimum Gasteiger partial charge on any atom is -0.342 e. The molecular formula is C15H24N2O3S. The van der Waals surface area contributed by atoms with E-state index in [0.29, 0.717) is 5.91 Å². The Kier molecular flexibility index (Phi) is 3.86. The first kappa shape index (κ1) is 15.0. The summed E-state index contributed by atoms with van der Waals surface area (Å²) in [5, 5.41) is 0. The lowest BCUT2D eigenvalue weighted by Gasteiger charge is -2.52. The fourth-order valence-electron chi connectivity index (χ4n) is 4.06. The smallest absolute Gasteiger partial charge is 0.226 e. The molecule has 0 aromatic heterocycles. The third-order valence-electron chi connectivity index (χ3n) is 5.23. The molecule has 2 aliphatic carbocycles. The summed E-state index contributed by atoms with van der Waals surface area (Å²) < 4.78 is 25.1. The maximum absolute atomic E-state index is 12.4. The van der Waals surface area contributed by atoms with E-state index in [0.717, 1.165) is 51.6 Å². The fourth-order valence-corrected chi connectivity index (χ4v) is 4.83. The second-order valence-corrected chi connectivity index (χ2v) is 8.74. The van der Waals surface area contributed by atoms with Gasteiger partial charge < -0.3 is 4.90 Å². The van der Waals surface area contributed by atoms with Crippen LogP contribution < -0.4 is 4.72 Å². The zero-order valence-corrected chi connectivity index (χ0v) is 13.4. The highest BCUT2D eigenvalue weighted by molar-refractivity contribution is 7.88. The zero-order chi connectivity index (χ0) is 15.1. The number of piperidine rings is 1. The van der Waals surface area contributed by atoms with Crippen molar-refractivity contribution in [2.45, 2.75) is 44.6 Å². The number of amides is 1. The van der Waals surface area contributed by atoms with Crippen LogP contribution >= 0.6 is 0 Å². The molecule has 1 N–H and O–H groups in total. The number of nitrogens with one attached hydrogen (secondary N) is 1. The first-order valence-electron chi connectivity index (χ1n) is 7.78. The highest BCUT2D eigenvalue weighted by Gasteiger charge is 2.47. The molecule has 6 heteroatoms. The van der Waals surface area contributed by atoms with Gasteiger partial charge in [0.15, 0.2) is 0 Å². The lowest BCUT2D eigenvalue weighted by molar-refractivity contribution is -0.138. The SMILES string of the molecule is CS(=O)(=O)NC1CC2(CCN(C(=O)C3CC=CC3)CC2)C1. The Balaban J connectivity index is 1.47. The zero-order valence-electron chi connectivity index (χ0n) is 12.5. The van der Waals surface area contributed by atoms with E-state index < -0.39 is 10.0 Å². The molecule has 21 heavy (non-hydrogen) atoms. The van der Waals surface area contributed by atoms with Crippen LogP contribution in [0.25, 0.3) is 0 Å². The van der Waals surface area contributed by atoms with E-state index >= 15 is 0 Å². The van der Waals surface area contributed by atoms with Crippen molar-refractivity contribution in [3.8, 4) is 0 Å². The Morgan fingerprint density at radius 1 is 1.19 bits per heavy atom. The van der Waals surface area contributed by atoms with Crippen LogP contribution in [0.3, 0.4) is 0 Å². The van der Waals surface area contributed by atoms with Crippen molar-refractivity contribution in [3.05, 3.63) is 12.2 Å². The van der Waals surface area contributed by atoms with Crippen LogP contribution in [0.2, 0.25) is 0 Å². The van der Waals surface area contributed by atoms with Crippen LogP contribution in [0.5, 0.6) is 0 Å². The summed E-state index contributed by atoms with van der Waals surface area (Å²) in [5.41, 5.74) is 0.271. The molecule has 0 aromatic carbocycles. The number of carbonyl (C=O) groups excluding carboxylic acids is 1. The highest BCUT2D eigenvalue weighted by Crippen LogP contribution is 2.49. The summed E-state index contributed by atoms with van der Waals surface area (Å²) in [4.78, 5) is 14.4. The number of carbonyl (C=O) groups is 1. The maximum Gasteiger partial charge on any atom is 0.226 e. The van der Waals surface area contributed by atoms with Gasteiger partial charge in [0.1, 0.15) is 0 Å². The number of allylic oxidation sites excluding steroid dienone is 2. The molecule has 5 nitrogen and oxygen atoms in total. The molecule has 0 unspecified atom stereocenters. The lowest BCUT2D eigenvalue weighted by atomic mass is 9.60. The highest BCUT2D eigenvalue weighted by atomic mass is 32.2. The Labute approximate surface area is 126 Å². The second kappa shape index (κ2) is 5.39. The first-order valence-corrected chi connectivity index (χ1v) is 9.67. The molecule has 1 heterocycles. The topological polar surface area (TPSA) is 66.5 Å². The molecule has 2 fully saturated rings. The van der Waals surface area contributed by atoms with E-state index in [-0.39, 0.29) is 17.4 Å². The fraction of sp³-hybridized carbons (Fsp3) is 0.800. The third-order valence-corrected chi connectivity index (χ3v) is 5.99. The van der Waals surface area contributed by atoms with Crippen molar-refractivity contribution < 1.29 is 13.2 Å². The number of hydrogen-bond acceptors (Lipinski definition) is 3. The van der Waals surface area contributed by atoms with Gasteiger partial charge in [0.25, 0.3) is 0 Å². The molecular weight excluding hydrogens is 288 g/mol. The second-order valence-electron chi connectivity index (χ2n) is 6.96. The largest absolute Gasteiger partial charge is 0.342 e. The van der Waals surface area contributed by atoms with Crippen molar-refractivity contribution in [2.24, 2.45) is 11.3 Å². The van der Waals surface area contributed by atoms with Gasteiger partial charge in [0.2, 0.25) is 15.9 Å². The van der Waals surface area contributed by atoms with Gasteiger partial charge in [-0.05, 0) is 43.9 Å². The molecule has 0 radical (unpaired) electrons. The van der Waals surface area contributed by atoms with E-state index in [1.807, 2.05) is 4.90 Å². The van der Waals surface area contributed by atoms with Crippen LogP contribution in [-0.4, -0.2) is 44.6 Å². The molecule has 1 saturated heterocycles. The normalized spacial score (nSPS) is 26.2. The van der Waals surface area contributed by atoms with Crippen molar-refractivity contribution >= 4 is 15.9 Å². The van der Waals surface area contributed by atoms with Crippen molar-refractivity contribution in [3.63, 3.8) is 0 Å². The van der Waals surface area contributed by atoms with Crippen LogP contribution in [-0.2, 0) is 14.8 Å². The van der Waals surface area contributed by atoms with E-state index in [4.69, 9.17) is 0 Å². The predicted molar refractivity (Wildman–Crippen MR) is 81.1 cm³/mol. The first-order chi connectivity index (χ1) is 9.87. The van der Waals surface area contributed by atoms with E-state index in [2.05, 4.69) is 16.9 Å². The number of likely N-dealkylation sites (tertiary alicyclic amines) is 1. The monoisotopic (exact) mass is 312 g/mol. The molecule has 1 saturated carbocycles. The van der Waals surface area contributed by atoms with Gasteiger partial charge in [0, 0.05) is 25.0 Å². The van der Waals surface area contributed by atoms with E-state index in [9.17, 15) is 13.2 Å². The summed E-state index contributed by atoms with van der Waals surface area (Å²) in [5.74, 6) is 0.472. The van der Waals surface area contributed by atoms with Gasteiger partial charge in [-0.15, -0.1) is 0 Å². The molecule has 1 spiro atoms. The van der Waals surface area contributed by atoms with E-state index in [1.165, 1.54) is 6.26 Å². The standard InChI is InChI=1S/C15H24N2O3S/c1-21(19,20)16-13-10-15(11-13)6-8-17(9-7-15)14(18)12-4-2-3-5-12/h2-3,12-13,16H,4-11H2,1H3. The quantitative estimate of drug-likeness (QED) is 0.798. The summed E-state index contributed by atoms with van der Waals surface area (Å²) >= 11 is 0. The lowest BCUT2D eigenvalue weighted by Crippen LogP contribution is -2.55. The molecule has 3 aliphatic rings. The average molecular weight is 312 g/mol. The Morgan fingerprint density at radius 2 is 1.76 bits per heavy atom. The summed E-state index contributed by atoms with van der Waals surface area (Å²) in [6.07, 6.45) is 11.1. The number of nitrogens with zero attached hydrogens (tertiary/aromatic N) is 1. The summed E-state index contributed by atoms with van der Waals surface area (Å²) in [7, 11) is -3.10. The molecule has 1 aliphatic heterocycles. The van der Waals surface area contributed by atoms with Gasteiger partial charge >= 0.3 is 0 Å². The number of rotatable bonds is 3. The van der Waals surface area contributed by atoms with Gasteiger partial charge in [-0.25, -0.2) is 13.1 Å². The molecule has 1 amide bonds. The van der Waals surface area contributed by atoms with Crippen LogP contribution in [0.1, 0.15) is 38.5 Å². The number of sulfonamides is 1. The van der Waals surface area contributed by atoms with E-state index in [1.54, 1.807) is 0 Å². The van der Waals surface area contributed by atoms with Crippen molar-refractivity contribution in [1.82, 2.24) is 9.62 Å².